The highest BCUT2D eigenvalue weighted by molar-refractivity contribution is 5.69. The first-order chi connectivity index (χ1) is 15.4. The molecule has 0 radical (unpaired) electrons. The number of aromatic nitrogens is 4. The van der Waals surface area contributed by atoms with E-state index in [-0.39, 0.29) is 35.4 Å². The van der Waals surface area contributed by atoms with Crippen LogP contribution in [0.1, 0.15) is 18.1 Å². The van der Waals surface area contributed by atoms with E-state index >= 15 is 0 Å². The Morgan fingerprint density at radius 1 is 1.09 bits per heavy atom. The minimum absolute atomic E-state index is 0.00340. The average Bonchev–Trinajstić information content (AvgIpc) is 3.24. The van der Waals surface area contributed by atoms with Gasteiger partial charge in [0.05, 0.1) is 17.5 Å². The molecule has 0 aliphatic carbocycles. The molecule has 0 spiro atoms. The summed E-state index contributed by atoms with van der Waals surface area (Å²) in [6.07, 6.45) is 0.590. The van der Waals surface area contributed by atoms with E-state index in [0.29, 0.717) is 17.8 Å². The van der Waals surface area contributed by atoms with Gasteiger partial charge in [0.1, 0.15) is 12.0 Å². The molecule has 4 rings (SSSR count). The van der Waals surface area contributed by atoms with Gasteiger partial charge in [0, 0.05) is 18.7 Å². The molecule has 0 fully saturated rings. The molecule has 2 heterocycles. The molecule has 32 heavy (non-hydrogen) atoms. The lowest BCUT2D eigenvalue weighted by molar-refractivity contribution is 0.344. The summed E-state index contributed by atoms with van der Waals surface area (Å²) >= 11 is 0. The predicted molar refractivity (Wildman–Crippen MR) is 118 cm³/mol. The van der Waals surface area contributed by atoms with Crippen molar-refractivity contribution in [1.82, 2.24) is 25.5 Å². The number of nitrogens with one attached hydrogen (secondary N) is 1. The third kappa shape index (κ3) is 4.78. The van der Waals surface area contributed by atoms with E-state index in [0.717, 1.165) is 11.1 Å². The van der Waals surface area contributed by atoms with Crippen LogP contribution in [-0.2, 0) is 6.54 Å². The SMILES string of the molecule is Cc1ccc(-c2cnc(N)c(-c3nnc(-c4ccc(CNCC(C)F)cc4F)o3)n2)cc1. The topological polar surface area (TPSA) is 103 Å². The molecule has 0 amide bonds. The number of benzene rings is 2. The van der Waals surface area contributed by atoms with Gasteiger partial charge in [0.25, 0.3) is 11.8 Å². The number of aryl methyl sites for hydroxylation is 1. The molecule has 0 saturated heterocycles. The van der Waals surface area contributed by atoms with Crippen LogP contribution in [0, 0.1) is 12.7 Å². The van der Waals surface area contributed by atoms with Gasteiger partial charge in [-0.15, -0.1) is 10.2 Å². The molecule has 3 N–H and O–H groups in total. The summed E-state index contributed by atoms with van der Waals surface area (Å²) in [5.74, 6) is -0.363. The zero-order valence-corrected chi connectivity index (χ0v) is 17.6. The van der Waals surface area contributed by atoms with Crippen molar-refractivity contribution in [3.63, 3.8) is 0 Å². The van der Waals surface area contributed by atoms with Crippen LogP contribution in [0.3, 0.4) is 0 Å². The van der Waals surface area contributed by atoms with Crippen LogP contribution >= 0.6 is 0 Å². The molecule has 1 unspecified atom stereocenters. The quantitative estimate of drug-likeness (QED) is 0.444. The van der Waals surface area contributed by atoms with Crippen molar-refractivity contribution in [2.45, 2.75) is 26.6 Å². The summed E-state index contributed by atoms with van der Waals surface area (Å²) in [7, 11) is 0. The Balaban J connectivity index is 1.59. The Morgan fingerprint density at radius 3 is 2.56 bits per heavy atom. The van der Waals surface area contributed by atoms with Gasteiger partial charge >= 0.3 is 0 Å². The number of hydrogen-bond donors (Lipinski definition) is 2. The van der Waals surface area contributed by atoms with Gasteiger partial charge in [-0.25, -0.2) is 18.7 Å². The minimum Gasteiger partial charge on any atom is -0.414 e. The molecule has 0 saturated carbocycles. The molecule has 9 heteroatoms. The second-order valence-corrected chi connectivity index (χ2v) is 7.49. The summed E-state index contributed by atoms with van der Waals surface area (Å²) in [6, 6.07) is 12.4. The van der Waals surface area contributed by atoms with Crippen LogP contribution in [0.15, 0.2) is 53.1 Å². The van der Waals surface area contributed by atoms with Gasteiger partial charge in [-0.3, -0.25) is 0 Å². The van der Waals surface area contributed by atoms with Crippen molar-refractivity contribution in [2.24, 2.45) is 0 Å². The van der Waals surface area contributed by atoms with Crippen molar-refractivity contribution in [1.29, 1.82) is 0 Å². The Labute approximate surface area is 183 Å². The highest BCUT2D eigenvalue weighted by atomic mass is 19.1. The zero-order chi connectivity index (χ0) is 22.7. The number of halogens is 2. The van der Waals surface area contributed by atoms with Crippen LogP contribution in [-0.4, -0.2) is 32.9 Å². The second kappa shape index (κ2) is 9.19. The number of alkyl halides is 1. The third-order valence-electron chi connectivity index (χ3n) is 4.79. The molecule has 1 atom stereocenters. The molecular weight excluding hydrogens is 414 g/mol. The number of nitrogens with zero attached hydrogens (tertiary/aromatic N) is 4. The van der Waals surface area contributed by atoms with Crippen molar-refractivity contribution >= 4 is 5.82 Å². The van der Waals surface area contributed by atoms with Crippen molar-refractivity contribution in [3.05, 3.63) is 65.6 Å². The highest BCUT2D eigenvalue weighted by Gasteiger charge is 2.19. The number of hydrogen-bond acceptors (Lipinski definition) is 7. The standard InChI is InChI=1S/C23H22F2N6O/c1-13-3-6-16(7-4-13)19-12-28-21(26)20(29-19)23-31-30-22(32-23)17-8-5-15(9-18(17)25)11-27-10-14(2)24/h3-9,12,14,27H,10-11H2,1-2H3,(H2,26,28). The molecule has 2 aromatic heterocycles. The van der Waals surface area contributed by atoms with E-state index in [1.54, 1.807) is 18.3 Å². The van der Waals surface area contributed by atoms with Crippen molar-refractivity contribution < 1.29 is 13.2 Å². The Bertz CT molecular complexity index is 1220. The van der Waals surface area contributed by atoms with Crippen LogP contribution in [0.25, 0.3) is 34.3 Å². The van der Waals surface area contributed by atoms with E-state index in [4.69, 9.17) is 10.2 Å². The molecule has 0 aliphatic heterocycles. The van der Waals surface area contributed by atoms with Crippen LogP contribution in [0.2, 0.25) is 0 Å². The van der Waals surface area contributed by atoms with Gasteiger partial charge in [-0.2, -0.15) is 0 Å². The van der Waals surface area contributed by atoms with Gasteiger partial charge < -0.3 is 15.5 Å². The maximum atomic E-state index is 14.6. The minimum atomic E-state index is -0.976. The first kappa shape index (κ1) is 21.5. The third-order valence-corrected chi connectivity index (χ3v) is 4.79. The number of nitrogen functional groups attached to an aromatic ring is 1. The lowest BCUT2D eigenvalue weighted by Crippen LogP contribution is -2.21. The van der Waals surface area contributed by atoms with E-state index < -0.39 is 12.0 Å². The molecule has 4 aromatic rings. The second-order valence-electron chi connectivity index (χ2n) is 7.49. The fourth-order valence-electron chi connectivity index (χ4n) is 3.10. The Kier molecular flexibility index (Phi) is 6.18. The molecule has 7 nitrogen and oxygen atoms in total. The largest absolute Gasteiger partial charge is 0.414 e. The first-order valence-electron chi connectivity index (χ1n) is 10.1. The molecule has 2 aromatic carbocycles. The summed E-state index contributed by atoms with van der Waals surface area (Å²) in [4.78, 5) is 8.70. The van der Waals surface area contributed by atoms with Crippen molar-refractivity contribution in [2.75, 3.05) is 12.3 Å². The number of nitrogens with two attached hydrogens (primary N) is 1. The van der Waals surface area contributed by atoms with E-state index in [1.165, 1.54) is 13.0 Å². The van der Waals surface area contributed by atoms with Crippen LogP contribution in [0.4, 0.5) is 14.6 Å². The normalized spacial score (nSPS) is 12.1. The molecule has 164 valence electrons. The van der Waals surface area contributed by atoms with Gasteiger partial charge in [0.2, 0.25) is 0 Å². The van der Waals surface area contributed by atoms with E-state index in [2.05, 4.69) is 25.5 Å². The lowest BCUT2D eigenvalue weighted by Gasteiger charge is -2.07. The fraction of sp³-hybridized carbons (Fsp3) is 0.217. The number of rotatable bonds is 7. The predicted octanol–water partition coefficient (Wildman–Crippen LogP) is 4.34. The average molecular weight is 436 g/mol. The van der Waals surface area contributed by atoms with Gasteiger partial charge in [-0.05, 0) is 31.5 Å². The molecular formula is C23H22F2N6O. The first-order valence-corrected chi connectivity index (χ1v) is 10.1. The smallest absolute Gasteiger partial charge is 0.270 e. The molecule has 0 bridgehead atoms. The van der Waals surface area contributed by atoms with E-state index in [9.17, 15) is 8.78 Å². The van der Waals surface area contributed by atoms with E-state index in [1.807, 2.05) is 31.2 Å². The van der Waals surface area contributed by atoms with Gasteiger partial charge in [0.15, 0.2) is 11.5 Å². The van der Waals surface area contributed by atoms with Gasteiger partial charge in [-0.1, -0.05) is 35.9 Å². The fourth-order valence-corrected chi connectivity index (χ4v) is 3.10. The summed E-state index contributed by atoms with van der Waals surface area (Å²) in [5.41, 5.74) is 9.61. The Hall–Kier alpha value is -3.72. The van der Waals surface area contributed by atoms with Crippen LogP contribution in [0.5, 0.6) is 0 Å². The molecule has 0 aliphatic rings. The summed E-state index contributed by atoms with van der Waals surface area (Å²) < 4.78 is 33.2. The monoisotopic (exact) mass is 436 g/mol. The Morgan fingerprint density at radius 2 is 1.84 bits per heavy atom. The maximum Gasteiger partial charge on any atom is 0.270 e. The lowest BCUT2D eigenvalue weighted by atomic mass is 10.1. The summed E-state index contributed by atoms with van der Waals surface area (Å²) in [6.45, 7) is 3.99. The summed E-state index contributed by atoms with van der Waals surface area (Å²) in [5, 5.41) is 10.9. The highest BCUT2D eigenvalue weighted by Crippen LogP contribution is 2.29. The zero-order valence-electron chi connectivity index (χ0n) is 17.6. The van der Waals surface area contributed by atoms with Crippen molar-refractivity contribution in [3.8, 4) is 34.3 Å². The number of anilines is 1. The maximum absolute atomic E-state index is 14.6. The van der Waals surface area contributed by atoms with Crippen LogP contribution < -0.4 is 11.1 Å².